The van der Waals surface area contributed by atoms with E-state index in [1.165, 1.54) is 29.2 Å². The molecule has 0 saturated carbocycles. The number of sulfonamides is 1. The third-order valence-electron chi connectivity index (χ3n) is 7.39. The molecule has 0 aliphatic rings. The number of hydrogen-bond donors (Lipinski definition) is 1. The predicted molar refractivity (Wildman–Crippen MR) is 176 cm³/mol. The molecule has 0 radical (unpaired) electrons. The molecule has 0 unspecified atom stereocenters. The summed E-state index contributed by atoms with van der Waals surface area (Å²) in [6, 6.07) is 25.3. The van der Waals surface area contributed by atoms with Crippen LogP contribution in [0.3, 0.4) is 0 Å². The summed E-state index contributed by atoms with van der Waals surface area (Å²) < 4.78 is 42.7. The van der Waals surface area contributed by atoms with Crippen LogP contribution in [0.2, 0.25) is 10.0 Å². The lowest BCUT2D eigenvalue weighted by molar-refractivity contribution is -0.140. The first kappa shape index (κ1) is 34.0. The van der Waals surface area contributed by atoms with Gasteiger partial charge in [-0.05, 0) is 67.4 Å². The van der Waals surface area contributed by atoms with Crippen molar-refractivity contribution in [3.63, 3.8) is 0 Å². The van der Waals surface area contributed by atoms with Gasteiger partial charge in [-0.25, -0.2) is 12.8 Å². The van der Waals surface area contributed by atoms with Crippen molar-refractivity contribution in [2.75, 3.05) is 10.8 Å². The van der Waals surface area contributed by atoms with E-state index in [4.69, 9.17) is 23.2 Å². The average Bonchev–Trinajstić information content (AvgIpc) is 3.04. The minimum absolute atomic E-state index is 0.0572. The Bertz CT molecular complexity index is 1690. The molecular formula is C34H34Cl2FN3O4S. The van der Waals surface area contributed by atoms with Crippen LogP contribution in [0.15, 0.2) is 108 Å². The van der Waals surface area contributed by atoms with Crippen molar-refractivity contribution < 1.29 is 22.4 Å². The highest BCUT2D eigenvalue weighted by molar-refractivity contribution is 7.92. The van der Waals surface area contributed by atoms with Crippen molar-refractivity contribution in [3.8, 4) is 0 Å². The summed E-state index contributed by atoms with van der Waals surface area (Å²) in [7, 11) is -4.30. The SMILES string of the molecule is CC[C@@H](C)NC(=O)[C@H](Cc1ccccc1)N(Cc1c(Cl)cccc1Cl)C(=O)CN(c1ccc(F)cc1)S(=O)(=O)c1ccccc1. The first-order chi connectivity index (χ1) is 21.5. The quantitative estimate of drug-likeness (QED) is 0.168. The molecule has 0 saturated heterocycles. The number of carbonyl (C=O) groups excluding carboxylic acids is 2. The normalized spacial score (nSPS) is 12.6. The number of amides is 2. The van der Waals surface area contributed by atoms with Crippen LogP contribution in [0, 0.1) is 5.82 Å². The highest BCUT2D eigenvalue weighted by atomic mass is 35.5. The summed E-state index contributed by atoms with van der Waals surface area (Å²) in [6.07, 6.45) is 0.792. The van der Waals surface area contributed by atoms with Crippen LogP contribution in [0.4, 0.5) is 10.1 Å². The maximum Gasteiger partial charge on any atom is 0.264 e. The monoisotopic (exact) mass is 669 g/mol. The minimum atomic E-state index is -4.30. The van der Waals surface area contributed by atoms with Gasteiger partial charge in [0.2, 0.25) is 11.8 Å². The lowest BCUT2D eigenvalue weighted by atomic mass is 10.0. The van der Waals surface area contributed by atoms with Crippen LogP contribution in [0.1, 0.15) is 31.4 Å². The minimum Gasteiger partial charge on any atom is -0.352 e. The number of halogens is 3. The number of benzene rings is 4. The van der Waals surface area contributed by atoms with Crippen molar-refractivity contribution in [2.24, 2.45) is 0 Å². The summed E-state index contributed by atoms with van der Waals surface area (Å²) >= 11 is 13.1. The second kappa shape index (κ2) is 15.4. The van der Waals surface area contributed by atoms with E-state index in [-0.39, 0.29) is 39.6 Å². The number of nitrogens with zero attached hydrogens (tertiary/aromatic N) is 2. The van der Waals surface area contributed by atoms with E-state index in [2.05, 4.69) is 5.32 Å². The lowest BCUT2D eigenvalue weighted by Gasteiger charge is -2.34. The number of carbonyl (C=O) groups is 2. The van der Waals surface area contributed by atoms with Crippen molar-refractivity contribution in [1.29, 1.82) is 0 Å². The molecule has 2 amide bonds. The molecular weight excluding hydrogens is 636 g/mol. The van der Waals surface area contributed by atoms with Crippen molar-refractivity contribution >= 4 is 50.7 Å². The van der Waals surface area contributed by atoms with Crippen LogP contribution in [0.5, 0.6) is 0 Å². The van der Waals surface area contributed by atoms with E-state index in [0.29, 0.717) is 12.0 Å². The molecule has 0 aliphatic carbocycles. The van der Waals surface area contributed by atoms with Gasteiger partial charge < -0.3 is 10.2 Å². The van der Waals surface area contributed by atoms with Gasteiger partial charge in [-0.2, -0.15) is 0 Å². The van der Waals surface area contributed by atoms with Gasteiger partial charge in [0.25, 0.3) is 10.0 Å². The van der Waals surface area contributed by atoms with Gasteiger partial charge in [-0.1, -0.05) is 84.7 Å². The molecule has 0 fully saturated rings. The van der Waals surface area contributed by atoms with Gasteiger partial charge >= 0.3 is 0 Å². The first-order valence-corrected chi connectivity index (χ1v) is 16.6. The fraction of sp³-hybridized carbons (Fsp3) is 0.235. The van der Waals surface area contributed by atoms with Gasteiger partial charge in [0, 0.05) is 34.6 Å². The second-order valence-corrected chi connectivity index (χ2v) is 13.2. The third-order valence-corrected chi connectivity index (χ3v) is 9.88. The number of nitrogens with one attached hydrogen (secondary N) is 1. The van der Waals surface area contributed by atoms with E-state index in [0.717, 1.165) is 22.0 Å². The van der Waals surface area contributed by atoms with Crippen LogP contribution in [0.25, 0.3) is 0 Å². The standard InChI is InChI=1S/C34H34Cl2FN3O4S/c1-3-24(2)38-34(42)32(21-25-11-6-4-7-12-25)39(22-29-30(35)15-10-16-31(29)36)33(41)23-40(27-19-17-26(37)18-20-27)45(43,44)28-13-8-5-9-14-28/h4-20,24,32H,3,21-23H2,1-2H3,(H,38,42)/t24-,32+/m1/s1. The zero-order valence-corrected chi connectivity index (χ0v) is 27.2. The first-order valence-electron chi connectivity index (χ1n) is 14.4. The van der Waals surface area contributed by atoms with Crippen molar-refractivity contribution in [3.05, 3.63) is 130 Å². The Morgan fingerprint density at radius 3 is 2.00 bits per heavy atom. The number of rotatable bonds is 13. The maximum absolute atomic E-state index is 14.5. The maximum atomic E-state index is 14.5. The lowest BCUT2D eigenvalue weighted by Crippen LogP contribution is -2.54. The van der Waals surface area contributed by atoms with Crippen LogP contribution in [-0.2, 0) is 32.6 Å². The molecule has 0 aliphatic heterocycles. The van der Waals surface area contributed by atoms with E-state index >= 15 is 0 Å². The summed E-state index contributed by atoms with van der Waals surface area (Å²) in [6.45, 7) is 2.92. The Labute approximate surface area is 273 Å². The van der Waals surface area contributed by atoms with E-state index in [9.17, 15) is 22.4 Å². The highest BCUT2D eigenvalue weighted by Crippen LogP contribution is 2.29. The molecule has 45 heavy (non-hydrogen) atoms. The Kier molecular flexibility index (Phi) is 11.6. The van der Waals surface area contributed by atoms with Gasteiger partial charge in [0.15, 0.2) is 0 Å². The van der Waals surface area contributed by atoms with Gasteiger partial charge in [-0.3, -0.25) is 13.9 Å². The fourth-order valence-electron chi connectivity index (χ4n) is 4.70. The predicted octanol–water partition coefficient (Wildman–Crippen LogP) is 6.88. The Morgan fingerprint density at radius 1 is 0.844 bits per heavy atom. The summed E-state index contributed by atoms with van der Waals surface area (Å²) in [5.74, 6) is -1.67. The molecule has 1 N–H and O–H groups in total. The molecule has 0 spiro atoms. The number of anilines is 1. The van der Waals surface area contributed by atoms with Crippen LogP contribution in [-0.4, -0.2) is 43.8 Å². The average molecular weight is 671 g/mol. The molecule has 7 nitrogen and oxygen atoms in total. The molecule has 0 heterocycles. The third kappa shape index (κ3) is 8.63. The molecule has 11 heteroatoms. The van der Waals surface area contributed by atoms with Crippen LogP contribution < -0.4 is 9.62 Å². The Balaban J connectivity index is 1.83. The Morgan fingerprint density at radius 2 is 1.42 bits per heavy atom. The fourth-order valence-corrected chi connectivity index (χ4v) is 6.66. The zero-order chi connectivity index (χ0) is 32.6. The zero-order valence-electron chi connectivity index (χ0n) is 24.9. The topological polar surface area (TPSA) is 86.8 Å². The largest absolute Gasteiger partial charge is 0.352 e. The molecule has 2 atom stereocenters. The smallest absolute Gasteiger partial charge is 0.264 e. The van der Waals surface area contributed by atoms with Gasteiger partial charge in [0.1, 0.15) is 18.4 Å². The Hall–Kier alpha value is -3.92. The van der Waals surface area contributed by atoms with Crippen LogP contribution >= 0.6 is 23.2 Å². The highest BCUT2D eigenvalue weighted by Gasteiger charge is 2.35. The van der Waals surface area contributed by atoms with Crippen molar-refractivity contribution in [1.82, 2.24) is 10.2 Å². The van der Waals surface area contributed by atoms with Crippen molar-refractivity contribution in [2.45, 2.75) is 50.2 Å². The molecule has 4 aromatic rings. The van der Waals surface area contributed by atoms with E-state index < -0.39 is 40.2 Å². The molecule has 4 rings (SSSR count). The molecule has 0 bridgehead atoms. The number of hydrogen-bond acceptors (Lipinski definition) is 4. The summed E-state index contributed by atoms with van der Waals surface area (Å²) in [4.78, 5) is 29.6. The molecule has 0 aromatic heterocycles. The summed E-state index contributed by atoms with van der Waals surface area (Å²) in [5.41, 5.74) is 1.27. The molecule has 4 aromatic carbocycles. The van der Waals surface area contributed by atoms with E-state index in [1.54, 1.807) is 36.4 Å². The van der Waals surface area contributed by atoms with Gasteiger partial charge in [-0.15, -0.1) is 0 Å². The molecule has 236 valence electrons. The summed E-state index contributed by atoms with van der Waals surface area (Å²) in [5, 5.41) is 3.55. The second-order valence-electron chi connectivity index (χ2n) is 10.5. The van der Waals surface area contributed by atoms with E-state index in [1.807, 2.05) is 44.2 Å². The van der Waals surface area contributed by atoms with Gasteiger partial charge in [0.05, 0.1) is 10.6 Å².